The van der Waals surface area contributed by atoms with Gasteiger partial charge < -0.3 is 15.0 Å². The topological polar surface area (TPSA) is 54.5 Å². The number of nitrogens with zero attached hydrogens (tertiary/aromatic N) is 2. The number of rotatable bonds is 4. The average molecular weight is 418 g/mol. The monoisotopic (exact) mass is 417 g/mol. The Morgan fingerprint density at radius 3 is 2.65 bits per heavy atom. The number of amides is 1. The van der Waals surface area contributed by atoms with Gasteiger partial charge >= 0.3 is 0 Å². The van der Waals surface area contributed by atoms with Crippen LogP contribution < -0.4 is 10.1 Å². The summed E-state index contributed by atoms with van der Waals surface area (Å²) < 4.78 is 5.47. The molecule has 1 N–H and O–H groups in total. The van der Waals surface area contributed by atoms with Gasteiger partial charge in [-0.1, -0.05) is 0 Å². The molecule has 0 radical (unpaired) electrons. The van der Waals surface area contributed by atoms with Crippen molar-refractivity contribution in [2.24, 2.45) is 0 Å². The van der Waals surface area contributed by atoms with Crippen LogP contribution in [0.25, 0.3) is 10.6 Å². The SMILES string of the molecule is CCOc1ccc(-c2nc(C)c(C(=O)N3CCNC[C@H]3C)s2)cc1.Cl.Cl. The van der Waals surface area contributed by atoms with Crippen molar-refractivity contribution in [3.63, 3.8) is 0 Å². The number of thiazole rings is 1. The second-order valence-corrected chi connectivity index (χ2v) is 6.94. The fourth-order valence-electron chi connectivity index (χ4n) is 2.85. The summed E-state index contributed by atoms with van der Waals surface area (Å²) in [5.74, 6) is 0.941. The highest BCUT2D eigenvalue weighted by molar-refractivity contribution is 7.17. The maximum atomic E-state index is 12.9. The molecular weight excluding hydrogens is 393 g/mol. The maximum Gasteiger partial charge on any atom is 0.266 e. The molecule has 0 saturated carbocycles. The van der Waals surface area contributed by atoms with Gasteiger partial charge in [-0.25, -0.2) is 4.98 Å². The molecular formula is C18H25Cl2N3O2S. The number of halogens is 2. The molecule has 0 bridgehead atoms. The largest absolute Gasteiger partial charge is 0.494 e. The quantitative estimate of drug-likeness (QED) is 0.821. The van der Waals surface area contributed by atoms with Crippen molar-refractivity contribution in [3.05, 3.63) is 34.8 Å². The van der Waals surface area contributed by atoms with E-state index in [1.54, 1.807) is 0 Å². The Morgan fingerprint density at radius 1 is 1.35 bits per heavy atom. The number of aromatic nitrogens is 1. The van der Waals surface area contributed by atoms with Gasteiger partial charge in [-0.15, -0.1) is 36.2 Å². The first-order valence-electron chi connectivity index (χ1n) is 8.32. The van der Waals surface area contributed by atoms with E-state index >= 15 is 0 Å². The van der Waals surface area contributed by atoms with E-state index in [0.29, 0.717) is 6.61 Å². The van der Waals surface area contributed by atoms with E-state index in [-0.39, 0.29) is 36.8 Å². The van der Waals surface area contributed by atoms with E-state index in [1.165, 1.54) is 11.3 Å². The zero-order valence-electron chi connectivity index (χ0n) is 15.2. The number of carbonyl (C=O) groups excluding carboxylic acids is 1. The van der Waals surface area contributed by atoms with Gasteiger partial charge in [0, 0.05) is 31.2 Å². The Hall–Kier alpha value is -1.34. The van der Waals surface area contributed by atoms with Crippen molar-refractivity contribution in [2.75, 3.05) is 26.2 Å². The molecule has 2 heterocycles. The number of hydrogen-bond acceptors (Lipinski definition) is 5. The molecule has 144 valence electrons. The number of benzene rings is 1. The minimum Gasteiger partial charge on any atom is -0.494 e. The summed E-state index contributed by atoms with van der Waals surface area (Å²) in [6.45, 7) is 9.04. The summed E-state index contributed by atoms with van der Waals surface area (Å²) in [4.78, 5) is 20.2. The van der Waals surface area contributed by atoms with Gasteiger partial charge in [-0.05, 0) is 45.0 Å². The fourth-order valence-corrected chi connectivity index (χ4v) is 3.88. The van der Waals surface area contributed by atoms with Crippen LogP contribution in [-0.4, -0.2) is 48.1 Å². The van der Waals surface area contributed by atoms with Crippen LogP contribution in [0.1, 0.15) is 29.2 Å². The molecule has 5 nitrogen and oxygen atoms in total. The Bertz CT molecular complexity index is 722. The Morgan fingerprint density at radius 2 is 2.04 bits per heavy atom. The maximum absolute atomic E-state index is 12.9. The van der Waals surface area contributed by atoms with Crippen LogP contribution in [0.2, 0.25) is 0 Å². The van der Waals surface area contributed by atoms with E-state index in [9.17, 15) is 4.79 Å². The molecule has 2 aromatic rings. The molecule has 1 aromatic heterocycles. The highest BCUT2D eigenvalue weighted by Gasteiger charge is 2.27. The Labute approximate surface area is 171 Å². The van der Waals surface area contributed by atoms with Crippen molar-refractivity contribution in [3.8, 4) is 16.3 Å². The molecule has 3 rings (SSSR count). The number of piperazine rings is 1. The molecule has 0 unspecified atom stereocenters. The normalized spacial score (nSPS) is 16.4. The summed E-state index contributed by atoms with van der Waals surface area (Å²) in [5, 5.41) is 4.19. The van der Waals surface area contributed by atoms with Crippen molar-refractivity contribution in [1.29, 1.82) is 0 Å². The third kappa shape index (κ3) is 4.88. The molecule has 0 spiro atoms. The minimum atomic E-state index is 0. The standard InChI is InChI=1S/C18H23N3O2S.2ClH/c1-4-23-15-7-5-14(6-8-15)17-20-13(3)16(24-17)18(22)21-10-9-19-11-12(21)2;;/h5-8,12,19H,4,9-11H2,1-3H3;2*1H/t12-;;/m1../s1. The van der Waals surface area contributed by atoms with Crippen LogP contribution in [-0.2, 0) is 0 Å². The second kappa shape index (κ2) is 10.1. The molecule has 1 aliphatic heterocycles. The first-order chi connectivity index (χ1) is 11.6. The van der Waals surface area contributed by atoms with Crippen molar-refractivity contribution < 1.29 is 9.53 Å². The van der Waals surface area contributed by atoms with Crippen molar-refractivity contribution in [2.45, 2.75) is 26.8 Å². The Kier molecular flexibility index (Phi) is 8.83. The summed E-state index contributed by atoms with van der Waals surface area (Å²) in [6, 6.07) is 8.07. The highest BCUT2D eigenvalue weighted by atomic mass is 35.5. The zero-order chi connectivity index (χ0) is 17.1. The number of hydrogen-bond donors (Lipinski definition) is 1. The predicted octanol–water partition coefficient (Wildman–Crippen LogP) is 3.79. The van der Waals surface area contributed by atoms with Gasteiger partial charge in [0.15, 0.2) is 0 Å². The average Bonchev–Trinajstić information content (AvgIpc) is 2.97. The predicted molar refractivity (Wildman–Crippen MR) is 111 cm³/mol. The number of carbonyl (C=O) groups is 1. The van der Waals surface area contributed by atoms with Crippen LogP contribution in [0.5, 0.6) is 5.75 Å². The minimum absolute atomic E-state index is 0. The molecule has 1 saturated heterocycles. The molecule has 26 heavy (non-hydrogen) atoms. The van der Waals surface area contributed by atoms with Gasteiger partial charge in [0.25, 0.3) is 5.91 Å². The van der Waals surface area contributed by atoms with Gasteiger partial charge in [0.2, 0.25) is 0 Å². The van der Waals surface area contributed by atoms with Crippen molar-refractivity contribution >= 4 is 42.1 Å². The van der Waals surface area contributed by atoms with Crippen LogP contribution in [0.15, 0.2) is 24.3 Å². The number of ether oxygens (including phenoxy) is 1. The first kappa shape index (κ1) is 22.7. The highest BCUT2D eigenvalue weighted by Crippen LogP contribution is 2.30. The number of nitrogens with one attached hydrogen (secondary N) is 1. The van der Waals surface area contributed by atoms with Gasteiger partial charge in [-0.3, -0.25) is 4.79 Å². The van der Waals surface area contributed by atoms with Gasteiger partial charge in [-0.2, -0.15) is 0 Å². The van der Waals surface area contributed by atoms with E-state index in [0.717, 1.165) is 46.5 Å². The summed E-state index contributed by atoms with van der Waals surface area (Å²) in [7, 11) is 0. The zero-order valence-corrected chi connectivity index (χ0v) is 17.6. The summed E-state index contributed by atoms with van der Waals surface area (Å²) >= 11 is 1.47. The summed E-state index contributed by atoms with van der Waals surface area (Å²) in [6.07, 6.45) is 0. The molecule has 1 fully saturated rings. The van der Waals surface area contributed by atoms with E-state index < -0.39 is 0 Å². The van der Waals surface area contributed by atoms with Gasteiger partial charge in [0.1, 0.15) is 15.6 Å². The van der Waals surface area contributed by atoms with E-state index in [2.05, 4.69) is 17.2 Å². The lowest BCUT2D eigenvalue weighted by molar-refractivity contribution is 0.0660. The molecule has 0 aliphatic carbocycles. The number of aryl methyl sites for hydroxylation is 1. The van der Waals surface area contributed by atoms with Gasteiger partial charge in [0.05, 0.1) is 12.3 Å². The third-order valence-electron chi connectivity index (χ3n) is 4.17. The fraction of sp³-hybridized carbons (Fsp3) is 0.444. The molecule has 1 amide bonds. The lowest BCUT2D eigenvalue weighted by Gasteiger charge is -2.33. The lowest BCUT2D eigenvalue weighted by atomic mass is 10.2. The first-order valence-corrected chi connectivity index (χ1v) is 9.14. The molecule has 1 aliphatic rings. The smallest absolute Gasteiger partial charge is 0.266 e. The summed E-state index contributed by atoms with van der Waals surface area (Å²) in [5.41, 5.74) is 1.82. The van der Waals surface area contributed by atoms with Crippen molar-refractivity contribution in [1.82, 2.24) is 15.2 Å². The molecule has 8 heteroatoms. The van der Waals surface area contributed by atoms with Crippen LogP contribution in [0.3, 0.4) is 0 Å². The van der Waals surface area contributed by atoms with Crippen LogP contribution >= 0.6 is 36.2 Å². The lowest BCUT2D eigenvalue weighted by Crippen LogP contribution is -2.52. The van der Waals surface area contributed by atoms with E-state index in [4.69, 9.17) is 4.74 Å². The second-order valence-electron chi connectivity index (χ2n) is 5.94. The Balaban J connectivity index is 0.00000169. The molecule has 1 atom stereocenters. The van der Waals surface area contributed by atoms with E-state index in [1.807, 2.05) is 43.0 Å². The molecule has 1 aromatic carbocycles. The van der Waals surface area contributed by atoms with Crippen LogP contribution in [0, 0.1) is 6.92 Å². The third-order valence-corrected chi connectivity index (χ3v) is 5.36. The van der Waals surface area contributed by atoms with Crippen LogP contribution in [0.4, 0.5) is 0 Å².